The van der Waals surface area contributed by atoms with E-state index < -0.39 is 26.9 Å². The van der Waals surface area contributed by atoms with E-state index in [1.165, 1.54) is 19.2 Å². The minimum atomic E-state index is -4.26. The molecule has 3 aromatic rings. The summed E-state index contributed by atoms with van der Waals surface area (Å²) in [4.78, 5) is 23.7. The number of carbonyl (C=O) groups excluding carboxylic acids is 2. The topological polar surface area (TPSA) is 129 Å². The molecule has 0 aliphatic carbocycles. The summed E-state index contributed by atoms with van der Waals surface area (Å²) >= 11 is 0. The summed E-state index contributed by atoms with van der Waals surface area (Å²) in [7, 11) is -1.95. The van der Waals surface area contributed by atoms with Crippen molar-refractivity contribution in [3.63, 3.8) is 0 Å². The smallest absolute Gasteiger partial charge is 0.339 e. The molecule has 0 amide bonds. The second kappa shape index (κ2) is 8.42. The zero-order valence-electron chi connectivity index (χ0n) is 17.4. The monoisotopic (exact) mass is 456 g/mol. The van der Waals surface area contributed by atoms with Gasteiger partial charge in [-0.1, -0.05) is 12.1 Å². The van der Waals surface area contributed by atoms with Crippen molar-refractivity contribution in [3.05, 3.63) is 59.4 Å². The van der Waals surface area contributed by atoms with Crippen molar-refractivity contribution in [2.24, 2.45) is 0 Å². The van der Waals surface area contributed by atoms with Gasteiger partial charge in [0.15, 0.2) is 5.82 Å². The van der Waals surface area contributed by atoms with Crippen molar-refractivity contribution in [1.29, 1.82) is 0 Å². The Kier molecular flexibility index (Phi) is 5.66. The fourth-order valence-electron chi connectivity index (χ4n) is 3.56. The van der Waals surface area contributed by atoms with Gasteiger partial charge >= 0.3 is 11.9 Å². The Labute approximate surface area is 184 Å². The van der Waals surface area contributed by atoms with E-state index in [4.69, 9.17) is 4.74 Å². The van der Waals surface area contributed by atoms with E-state index in [0.717, 1.165) is 38.4 Å². The van der Waals surface area contributed by atoms with Gasteiger partial charge in [0.1, 0.15) is 10.7 Å². The van der Waals surface area contributed by atoms with Crippen LogP contribution in [0.4, 0.5) is 5.69 Å². The first-order valence-electron chi connectivity index (χ1n) is 9.70. The SMILES string of the molecule is COC(=O)c1ccc(C(=O)OC)c(S(=O)(=O)Nc2cccc(-c3nnc4n3CCC4)c2)c1. The van der Waals surface area contributed by atoms with Crippen LogP contribution < -0.4 is 4.72 Å². The van der Waals surface area contributed by atoms with E-state index in [1.807, 2.05) is 10.6 Å². The number of benzene rings is 2. The lowest BCUT2D eigenvalue weighted by Crippen LogP contribution is -2.19. The molecule has 166 valence electrons. The molecule has 0 saturated carbocycles. The number of ether oxygens (including phenoxy) is 2. The number of carbonyl (C=O) groups is 2. The Balaban J connectivity index is 1.72. The number of rotatable bonds is 6. The largest absolute Gasteiger partial charge is 0.465 e. The summed E-state index contributed by atoms with van der Waals surface area (Å²) in [5, 5.41) is 8.39. The maximum atomic E-state index is 13.2. The summed E-state index contributed by atoms with van der Waals surface area (Å²) in [5.41, 5.74) is 0.729. The van der Waals surface area contributed by atoms with Crippen LogP contribution in [0.3, 0.4) is 0 Å². The molecule has 11 heteroatoms. The molecular weight excluding hydrogens is 436 g/mol. The summed E-state index contributed by atoms with van der Waals surface area (Å²) < 4.78 is 40.2. The molecule has 10 nitrogen and oxygen atoms in total. The second-order valence-corrected chi connectivity index (χ2v) is 8.73. The molecule has 32 heavy (non-hydrogen) atoms. The number of esters is 2. The van der Waals surface area contributed by atoms with E-state index in [1.54, 1.807) is 18.2 Å². The van der Waals surface area contributed by atoms with Crippen molar-refractivity contribution in [3.8, 4) is 11.4 Å². The number of hydrogen-bond donors (Lipinski definition) is 1. The summed E-state index contributed by atoms with van der Waals surface area (Å²) in [6, 6.07) is 10.3. The Morgan fingerprint density at radius 2 is 1.81 bits per heavy atom. The van der Waals surface area contributed by atoms with Crippen molar-refractivity contribution >= 4 is 27.6 Å². The molecule has 0 saturated heterocycles. The molecule has 1 aromatic heterocycles. The highest BCUT2D eigenvalue weighted by Gasteiger charge is 2.26. The molecule has 0 bridgehead atoms. The van der Waals surface area contributed by atoms with Gasteiger partial charge in [-0.3, -0.25) is 4.72 Å². The molecule has 0 atom stereocenters. The van der Waals surface area contributed by atoms with Gasteiger partial charge in [-0.25, -0.2) is 18.0 Å². The van der Waals surface area contributed by atoms with Crippen LogP contribution in [0.15, 0.2) is 47.4 Å². The average Bonchev–Trinajstić information content (AvgIpc) is 3.41. The van der Waals surface area contributed by atoms with Gasteiger partial charge in [0.05, 0.1) is 25.3 Å². The molecule has 1 N–H and O–H groups in total. The first-order chi connectivity index (χ1) is 15.3. The number of hydrogen-bond acceptors (Lipinski definition) is 8. The third-order valence-electron chi connectivity index (χ3n) is 5.08. The number of nitrogens with one attached hydrogen (secondary N) is 1. The minimum Gasteiger partial charge on any atom is -0.465 e. The Morgan fingerprint density at radius 3 is 2.56 bits per heavy atom. The minimum absolute atomic E-state index is 0.0201. The van der Waals surface area contributed by atoms with Crippen LogP contribution in [-0.2, 0) is 32.5 Å². The molecule has 1 aliphatic rings. The molecule has 0 unspecified atom stereocenters. The number of methoxy groups -OCH3 is 2. The van der Waals surface area contributed by atoms with Crippen molar-refractivity contribution in [1.82, 2.24) is 14.8 Å². The van der Waals surface area contributed by atoms with Crippen LogP contribution in [0, 0.1) is 0 Å². The lowest BCUT2D eigenvalue weighted by Gasteiger charge is -2.13. The van der Waals surface area contributed by atoms with Crippen molar-refractivity contribution in [2.75, 3.05) is 18.9 Å². The lowest BCUT2D eigenvalue weighted by molar-refractivity contribution is 0.0583. The molecule has 4 rings (SSSR count). The molecule has 0 spiro atoms. The van der Waals surface area contributed by atoms with E-state index in [9.17, 15) is 18.0 Å². The Bertz CT molecular complexity index is 1320. The van der Waals surface area contributed by atoms with E-state index in [-0.39, 0.29) is 16.8 Å². The molecular formula is C21H20N4O6S. The van der Waals surface area contributed by atoms with Crippen LogP contribution in [-0.4, -0.2) is 49.3 Å². The van der Waals surface area contributed by atoms with Crippen LogP contribution in [0.25, 0.3) is 11.4 Å². The van der Waals surface area contributed by atoms with Crippen LogP contribution >= 0.6 is 0 Å². The van der Waals surface area contributed by atoms with E-state index in [2.05, 4.69) is 19.7 Å². The highest BCUT2D eigenvalue weighted by Crippen LogP contribution is 2.27. The van der Waals surface area contributed by atoms with Crippen molar-refractivity contribution < 1.29 is 27.5 Å². The van der Waals surface area contributed by atoms with Gasteiger partial charge in [-0.2, -0.15) is 0 Å². The molecule has 2 aromatic carbocycles. The maximum Gasteiger partial charge on any atom is 0.339 e. The number of sulfonamides is 1. The second-order valence-electron chi connectivity index (χ2n) is 7.08. The van der Waals surface area contributed by atoms with Gasteiger partial charge in [0.25, 0.3) is 10.0 Å². The normalized spacial score (nSPS) is 12.8. The zero-order valence-corrected chi connectivity index (χ0v) is 18.2. The van der Waals surface area contributed by atoms with Gasteiger partial charge in [-0.15, -0.1) is 10.2 Å². The maximum absolute atomic E-state index is 13.2. The fourth-order valence-corrected chi connectivity index (χ4v) is 4.83. The number of fused-ring (bicyclic) bond motifs is 1. The van der Waals surface area contributed by atoms with Crippen molar-refractivity contribution in [2.45, 2.75) is 24.3 Å². The number of nitrogens with zero attached hydrogens (tertiary/aromatic N) is 3. The van der Waals surface area contributed by atoms with Crippen LogP contribution in [0.2, 0.25) is 0 Å². The van der Waals surface area contributed by atoms with Gasteiger partial charge in [0.2, 0.25) is 0 Å². The fraction of sp³-hybridized carbons (Fsp3) is 0.238. The van der Waals surface area contributed by atoms with Crippen LogP contribution in [0.1, 0.15) is 33.0 Å². The van der Waals surface area contributed by atoms with Gasteiger partial charge in [0, 0.05) is 24.2 Å². The van der Waals surface area contributed by atoms with Gasteiger partial charge < -0.3 is 14.0 Å². The van der Waals surface area contributed by atoms with Gasteiger partial charge in [-0.05, 0) is 36.8 Å². The number of aryl methyl sites for hydroxylation is 1. The van der Waals surface area contributed by atoms with Crippen LogP contribution in [0.5, 0.6) is 0 Å². The molecule has 1 aliphatic heterocycles. The molecule has 0 radical (unpaired) electrons. The Morgan fingerprint density at radius 1 is 1.03 bits per heavy atom. The summed E-state index contributed by atoms with van der Waals surface area (Å²) in [6.45, 7) is 0.802. The summed E-state index contributed by atoms with van der Waals surface area (Å²) in [5.74, 6) is -0.0371. The lowest BCUT2D eigenvalue weighted by atomic mass is 10.1. The highest BCUT2D eigenvalue weighted by molar-refractivity contribution is 7.92. The quantitative estimate of drug-likeness (QED) is 0.559. The number of anilines is 1. The zero-order chi connectivity index (χ0) is 22.9. The predicted molar refractivity (Wildman–Crippen MR) is 114 cm³/mol. The third kappa shape index (κ3) is 3.94. The summed E-state index contributed by atoms with van der Waals surface area (Å²) in [6.07, 6.45) is 1.84. The van der Waals surface area contributed by atoms with E-state index >= 15 is 0 Å². The standard InChI is InChI=1S/C21H20N4O6S/c1-30-20(26)14-8-9-16(21(27)31-2)17(12-14)32(28,29)24-15-6-3-5-13(11-15)19-23-22-18-7-4-10-25(18)19/h3,5-6,8-9,11-12,24H,4,7,10H2,1-2H3. The number of aromatic nitrogens is 3. The highest BCUT2D eigenvalue weighted by atomic mass is 32.2. The molecule has 0 fully saturated rings. The Hall–Kier alpha value is -3.73. The predicted octanol–water partition coefficient (Wildman–Crippen LogP) is 2.27. The molecule has 2 heterocycles. The first kappa shape index (κ1) is 21.5. The third-order valence-corrected chi connectivity index (χ3v) is 6.50. The average molecular weight is 456 g/mol. The van der Waals surface area contributed by atoms with E-state index in [0.29, 0.717) is 11.4 Å². The first-order valence-corrected chi connectivity index (χ1v) is 11.2.